The summed E-state index contributed by atoms with van der Waals surface area (Å²) in [6.07, 6.45) is 5.09. The molecule has 0 fully saturated rings. The van der Waals surface area contributed by atoms with E-state index >= 15 is 0 Å². The first-order valence-corrected chi connectivity index (χ1v) is 7.28. The second-order valence-electron chi connectivity index (χ2n) is 4.97. The zero-order valence-corrected chi connectivity index (χ0v) is 12.2. The molecule has 18 heavy (non-hydrogen) atoms. The molecule has 0 heterocycles. The topological polar surface area (TPSA) is 15.3 Å². The number of benzene rings is 1. The van der Waals surface area contributed by atoms with E-state index in [0.717, 1.165) is 19.6 Å². The van der Waals surface area contributed by atoms with E-state index in [1.807, 2.05) is 0 Å². The SMILES string of the molecule is CCCCCN(C)c1ccc(CNCCC)cc1. The highest BCUT2D eigenvalue weighted by Gasteiger charge is 2.00. The highest BCUT2D eigenvalue weighted by molar-refractivity contribution is 5.46. The van der Waals surface area contributed by atoms with Gasteiger partial charge in [0.25, 0.3) is 0 Å². The molecule has 1 aromatic rings. The molecule has 1 N–H and O–H groups in total. The van der Waals surface area contributed by atoms with Crippen molar-refractivity contribution in [1.29, 1.82) is 0 Å². The van der Waals surface area contributed by atoms with Crippen LogP contribution in [-0.4, -0.2) is 20.1 Å². The van der Waals surface area contributed by atoms with Crippen molar-refractivity contribution in [2.24, 2.45) is 0 Å². The molecule has 0 saturated carbocycles. The zero-order chi connectivity index (χ0) is 13.2. The van der Waals surface area contributed by atoms with Gasteiger partial charge >= 0.3 is 0 Å². The Morgan fingerprint density at radius 2 is 1.72 bits per heavy atom. The van der Waals surface area contributed by atoms with Crippen LogP contribution in [0, 0.1) is 0 Å². The normalized spacial score (nSPS) is 10.6. The zero-order valence-electron chi connectivity index (χ0n) is 12.2. The van der Waals surface area contributed by atoms with Crippen LogP contribution in [0.5, 0.6) is 0 Å². The molecule has 1 rings (SSSR count). The Morgan fingerprint density at radius 1 is 1.00 bits per heavy atom. The molecule has 0 saturated heterocycles. The van der Waals surface area contributed by atoms with Gasteiger partial charge in [-0.15, -0.1) is 0 Å². The predicted molar refractivity (Wildman–Crippen MR) is 81.2 cm³/mol. The van der Waals surface area contributed by atoms with E-state index in [0.29, 0.717) is 0 Å². The van der Waals surface area contributed by atoms with Crippen LogP contribution >= 0.6 is 0 Å². The summed E-state index contributed by atoms with van der Waals surface area (Å²) in [5, 5.41) is 3.43. The summed E-state index contributed by atoms with van der Waals surface area (Å²) < 4.78 is 0. The van der Waals surface area contributed by atoms with Crippen molar-refractivity contribution in [3.8, 4) is 0 Å². The minimum absolute atomic E-state index is 0.980. The molecule has 0 aliphatic heterocycles. The highest BCUT2D eigenvalue weighted by Crippen LogP contribution is 2.14. The molecular weight excluding hydrogens is 220 g/mol. The van der Waals surface area contributed by atoms with Crippen molar-refractivity contribution in [3.63, 3.8) is 0 Å². The quantitative estimate of drug-likeness (QED) is 0.668. The molecule has 0 aliphatic carbocycles. The summed E-state index contributed by atoms with van der Waals surface area (Å²) in [5.74, 6) is 0. The van der Waals surface area contributed by atoms with Gasteiger partial charge in [-0.3, -0.25) is 0 Å². The van der Waals surface area contributed by atoms with E-state index in [1.165, 1.54) is 36.9 Å². The number of anilines is 1. The highest BCUT2D eigenvalue weighted by atomic mass is 15.1. The molecule has 0 atom stereocenters. The molecule has 0 aromatic heterocycles. The van der Waals surface area contributed by atoms with E-state index in [1.54, 1.807) is 0 Å². The first kappa shape index (κ1) is 15.0. The molecule has 2 nitrogen and oxygen atoms in total. The average Bonchev–Trinajstić information content (AvgIpc) is 2.40. The van der Waals surface area contributed by atoms with Crippen LogP contribution in [0.3, 0.4) is 0 Å². The molecular formula is C16H28N2. The minimum atomic E-state index is 0.980. The van der Waals surface area contributed by atoms with Gasteiger partial charge in [0.05, 0.1) is 0 Å². The van der Waals surface area contributed by atoms with Crippen LogP contribution < -0.4 is 10.2 Å². The fourth-order valence-corrected chi connectivity index (χ4v) is 2.01. The van der Waals surface area contributed by atoms with Gasteiger partial charge in [0, 0.05) is 25.8 Å². The number of hydrogen-bond donors (Lipinski definition) is 1. The first-order valence-electron chi connectivity index (χ1n) is 7.28. The van der Waals surface area contributed by atoms with Gasteiger partial charge in [-0.25, -0.2) is 0 Å². The van der Waals surface area contributed by atoms with Crippen LogP contribution in [0.25, 0.3) is 0 Å². The Morgan fingerprint density at radius 3 is 2.33 bits per heavy atom. The number of nitrogens with zero attached hydrogens (tertiary/aromatic N) is 1. The van der Waals surface area contributed by atoms with Crippen LogP contribution in [-0.2, 0) is 6.54 Å². The van der Waals surface area contributed by atoms with Crippen molar-refractivity contribution in [1.82, 2.24) is 5.32 Å². The van der Waals surface area contributed by atoms with Gasteiger partial charge in [0.1, 0.15) is 0 Å². The number of unbranched alkanes of at least 4 members (excludes halogenated alkanes) is 2. The van der Waals surface area contributed by atoms with Crippen molar-refractivity contribution in [2.75, 3.05) is 25.0 Å². The monoisotopic (exact) mass is 248 g/mol. The second kappa shape index (κ2) is 8.98. The molecule has 0 spiro atoms. The largest absolute Gasteiger partial charge is 0.375 e. The predicted octanol–water partition coefficient (Wildman–Crippen LogP) is 3.81. The molecule has 2 heteroatoms. The average molecular weight is 248 g/mol. The van der Waals surface area contributed by atoms with Crippen LogP contribution in [0.1, 0.15) is 45.1 Å². The second-order valence-corrected chi connectivity index (χ2v) is 4.97. The standard InChI is InChI=1S/C16H28N2/c1-4-6-7-13-18(3)16-10-8-15(9-11-16)14-17-12-5-2/h8-11,17H,4-7,12-14H2,1-3H3. The van der Waals surface area contributed by atoms with Gasteiger partial charge in [-0.2, -0.15) is 0 Å². The molecule has 0 amide bonds. The van der Waals surface area contributed by atoms with Crippen molar-refractivity contribution >= 4 is 5.69 Å². The minimum Gasteiger partial charge on any atom is -0.375 e. The molecule has 102 valence electrons. The van der Waals surface area contributed by atoms with Crippen LogP contribution in [0.2, 0.25) is 0 Å². The van der Waals surface area contributed by atoms with Gasteiger partial charge < -0.3 is 10.2 Å². The lowest BCUT2D eigenvalue weighted by Gasteiger charge is -2.19. The summed E-state index contributed by atoms with van der Waals surface area (Å²) in [7, 11) is 2.18. The summed E-state index contributed by atoms with van der Waals surface area (Å²) in [5.41, 5.74) is 2.69. The Kier molecular flexibility index (Phi) is 7.51. The smallest absolute Gasteiger partial charge is 0.0363 e. The third kappa shape index (κ3) is 5.54. The van der Waals surface area contributed by atoms with E-state index in [-0.39, 0.29) is 0 Å². The molecule has 0 radical (unpaired) electrons. The van der Waals surface area contributed by atoms with E-state index < -0.39 is 0 Å². The summed E-state index contributed by atoms with van der Waals surface area (Å²) >= 11 is 0. The maximum Gasteiger partial charge on any atom is 0.0363 e. The number of rotatable bonds is 9. The Labute approximate surface area is 112 Å². The van der Waals surface area contributed by atoms with Gasteiger partial charge in [0.15, 0.2) is 0 Å². The summed E-state index contributed by atoms with van der Waals surface area (Å²) in [4.78, 5) is 2.35. The fourth-order valence-electron chi connectivity index (χ4n) is 2.01. The molecule has 0 bridgehead atoms. The lowest BCUT2D eigenvalue weighted by atomic mass is 10.2. The summed E-state index contributed by atoms with van der Waals surface area (Å²) in [6, 6.07) is 8.92. The van der Waals surface area contributed by atoms with E-state index in [9.17, 15) is 0 Å². The molecule has 0 unspecified atom stereocenters. The maximum atomic E-state index is 3.43. The number of hydrogen-bond acceptors (Lipinski definition) is 2. The third-order valence-corrected chi connectivity index (χ3v) is 3.23. The molecule has 0 aliphatic rings. The number of nitrogens with one attached hydrogen (secondary N) is 1. The van der Waals surface area contributed by atoms with Crippen molar-refractivity contribution < 1.29 is 0 Å². The maximum absolute atomic E-state index is 3.43. The Balaban J connectivity index is 2.38. The van der Waals surface area contributed by atoms with Crippen LogP contribution in [0.15, 0.2) is 24.3 Å². The van der Waals surface area contributed by atoms with E-state index in [4.69, 9.17) is 0 Å². The lowest BCUT2D eigenvalue weighted by Crippen LogP contribution is -2.18. The Bertz CT molecular complexity index is 305. The van der Waals surface area contributed by atoms with Gasteiger partial charge in [-0.1, -0.05) is 38.8 Å². The van der Waals surface area contributed by atoms with E-state index in [2.05, 4.69) is 55.4 Å². The lowest BCUT2D eigenvalue weighted by molar-refractivity contribution is 0.675. The third-order valence-electron chi connectivity index (χ3n) is 3.23. The fraction of sp³-hybridized carbons (Fsp3) is 0.625. The molecule has 1 aromatic carbocycles. The first-order chi connectivity index (χ1) is 8.77. The van der Waals surface area contributed by atoms with Crippen molar-refractivity contribution in [2.45, 2.75) is 46.1 Å². The van der Waals surface area contributed by atoms with Gasteiger partial charge in [-0.05, 0) is 37.1 Å². The Hall–Kier alpha value is -1.02. The van der Waals surface area contributed by atoms with Crippen molar-refractivity contribution in [3.05, 3.63) is 29.8 Å². The summed E-state index contributed by atoms with van der Waals surface area (Å²) in [6.45, 7) is 7.67. The van der Waals surface area contributed by atoms with Crippen LogP contribution in [0.4, 0.5) is 5.69 Å². The van der Waals surface area contributed by atoms with Gasteiger partial charge in [0.2, 0.25) is 0 Å².